The Bertz CT molecular complexity index is 621. The maximum absolute atomic E-state index is 10.4. The molecule has 20 heavy (non-hydrogen) atoms. The summed E-state index contributed by atoms with van der Waals surface area (Å²) in [6, 6.07) is 5.59. The van der Waals surface area contributed by atoms with E-state index >= 15 is 0 Å². The van der Waals surface area contributed by atoms with E-state index in [4.69, 9.17) is 5.73 Å². The van der Waals surface area contributed by atoms with Gasteiger partial charge in [0.1, 0.15) is 11.3 Å². The van der Waals surface area contributed by atoms with E-state index in [-0.39, 0.29) is 5.75 Å². The molecule has 0 bridgehead atoms. The Hall–Kier alpha value is -1.85. The predicted octanol–water partition coefficient (Wildman–Crippen LogP) is 1.27. The van der Waals surface area contributed by atoms with Crippen molar-refractivity contribution in [2.24, 2.45) is 0 Å². The lowest BCUT2D eigenvalue weighted by molar-refractivity contribution is 0.147. The largest absolute Gasteiger partial charge is 0.505 e. The average Bonchev–Trinajstić information content (AvgIpc) is 2.47. The molecule has 0 spiro atoms. The molecule has 0 radical (unpaired) electrons. The number of pyridine rings is 1. The second kappa shape index (κ2) is 5.26. The van der Waals surface area contributed by atoms with Crippen LogP contribution < -0.4 is 5.73 Å². The quantitative estimate of drug-likeness (QED) is 0.636. The van der Waals surface area contributed by atoms with E-state index in [1.54, 1.807) is 6.20 Å². The third kappa shape index (κ3) is 2.42. The minimum Gasteiger partial charge on any atom is -0.505 e. The number of hydrogen-bond acceptors (Lipinski definition) is 5. The molecular formula is C15H20N4O. The lowest BCUT2D eigenvalue weighted by Crippen LogP contribution is -2.43. The fraction of sp³-hybridized carbons (Fsp3) is 0.400. The highest BCUT2D eigenvalue weighted by Crippen LogP contribution is 2.32. The summed E-state index contributed by atoms with van der Waals surface area (Å²) in [5.74, 6) is 0.258. The third-order valence-electron chi connectivity index (χ3n) is 3.97. The van der Waals surface area contributed by atoms with Crippen molar-refractivity contribution in [2.75, 3.05) is 39.0 Å². The van der Waals surface area contributed by atoms with Crippen LogP contribution in [0.5, 0.6) is 5.75 Å². The first kappa shape index (κ1) is 13.1. The van der Waals surface area contributed by atoms with E-state index in [1.165, 1.54) is 0 Å². The fourth-order valence-corrected chi connectivity index (χ4v) is 2.68. The van der Waals surface area contributed by atoms with Crippen molar-refractivity contribution < 1.29 is 5.11 Å². The number of anilines is 1. The van der Waals surface area contributed by atoms with Crippen LogP contribution in [0.3, 0.4) is 0 Å². The first-order valence-electron chi connectivity index (χ1n) is 6.91. The van der Waals surface area contributed by atoms with Crippen molar-refractivity contribution in [1.82, 2.24) is 14.8 Å². The number of benzene rings is 1. The second-order valence-electron chi connectivity index (χ2n) is 5.45. The molecule has 0 aliphatic carbocycles. The number of fused-ring (bicyclic) bond motifs is 1. The van der Waals surface area contributed by atoms with Crippen LogP contribution in [-0.4, -0.2) is 53.1 Å². The van der Waals surface area contributed by atoms with E-state index in [9.17, 15) is 5.11 Å². The van der Waals surface area contributed by atoms with Gasteiger partial charge in [0.2, 0.25) is 0 Å². The number of aromatic nitrogens is 1. The molecule has 106 valence electrons. The summed E-state index contributed by atoms with van der Waals surface area (Å²) in [6.45, 7) is 4.85. The highest BCUT2D eigenvalue weighted by Gasteiger charge is 2.17. The Morgan fingerprint density at radius 3 is 2.80 bits per heavy atom. The Labute approximate surface area is 118 Å². The molecule has 1 aliphatic heterocycles. The van der Waals surface area contributed by atoms with Crippen LogP contribution in [0.2, 0.25) is 0 Å². The number of likely N-dealkylation sites (N-methyl/N-ethyl adjacent to an activating group) is 1. The molecular weight excluding hydrogens is 252 g/mol. The molecule has 2 heterocycles. The van der Waals surface area contributed by atoms with Gasteiger partial charge < -0.3 is 15.7 Å². The van der Waals surface area contributed by atoms with Crippen LogP contribution in [-0.2, 0) is 6.54 Å². The van der Waals surface area contributed by atoms with Crippen LogP contribution in [0, 0.1) is 0 Å². The molecule has 2 aromatic rings. The smallest absolute Gasteiger partial charge is 0.146 e. The highest BCUT2D eigenvalue weighted by molar-refractivity contribution is 5.95. The number of nitrogen functional groups attached to an aromatic ring is 1. The van der Waals surface area contributed by atoms with E-state index in [1.807, 2.05) is 18.2 Å². The Morgan fingerprint density at radius 1 is 1.30 bits per heavy atom. The molecule has 1 fully saturated rings. The van der Waals surface area contributed by atoms with Crippen LogP contribution in [0.1, 0.15) is 5.56 Å². The van der Waals surface area contributed by atoms with Gasteiger partial charge in [-0.2, -0.15) is 0 Å². The molecule has 1 aromatic carbocycles. The summed E-state index contributed by atoms with van der Waals surface area (Å²) in [7, 11) is 2.13. The van der Waals surface area contributed by atoms with Crippen molar-refractivity contribution >= 4 is 16.6 Å². The summed E-state index contributed by atoms with van der Waals surface area (Å²) in [4.78, 5) is 8.90. The van der Waals surface area contributed by atoms with E-state index in [0.717, 1.165) is 43.7 Å². The van der Waals surface area contributed by atoms with Crippen molar-refractivity contribution in [3.8, 4) is 5.75 Å². The van der Waals surface area contributed by atoms with Crippen LogP contribution >= 0.6 is 0 Å². The minimum atomic E-state index is 0.258. The number of hydrogen-bond donors (Lipinski definition) is 2. The van der Waals surface area contributed by atoms with E-state index in [2.05, 4.69) is 21.8 Å². The summed E-state index contributed by atoms with van der Waals surface area (Å²) in [6.07, 6.45) is 1.68. The van der Waals surface area contributed by atoms with Gasteiger partial charge in [0.05, 0.1) is 0 Å². The number of aromatic hydroxyl groups is 1. The SMILES string of the molecule is CN1CCN(Cc2cc(N)c3cccnc3c2O)CC1. The van der Waals surface area contributed by atoms with Gasteiger partial charge in [0, 0.05) is 55.6 Å². The topological polar surface area (TPSA) is 65.6 Å². The Balaban J connectivity index is 1.90. The first-order chi connectivity index (χ1) is 9.65. The van der Waals surface area contributed by atoms with E-state index < -0.39 is 0 Å². The maximum Gasteiger partial charge on any atom is 0.146 e. The second-order valence-corrected chi connectivity index (χ2v) is 5.45. The zero-order chi connectivity index (χ0) is 14.1. The predicted molar refractivity (Wildman–Crippen MR) is 80.6 cm³/mol. The lowest BCUT2D eigenvalue weighted by atomic mass is 10.1. The third-order valence-corrected chi connectivity index (χ3v) is 3.97. The zero-order valence-corrected chi connectivity index (χ0v) is 11.7. The molecule has 0 saturated carbocycles. The molecule has 0 atom stereocenters. The Morgan fingerprint density at radius 2 is 2.05 bits per heavy atom. The molecule has 1 aliphatic rings. The van der Waals surface area contributed by atoms with Gasteiger partial charge in [-0.15, -0.1) is 0 Å². The average molecular weight is 272 g/mol. The number of nitrogens with two attached hydrogens (primary N) is 1. The maximum atomic E-state index is 10.4. The molecule has 3 rings (SSSR count). The minimum absolute atomic E-state index is 0.258. The molecule has 3 N–H and O–H groups in total. The molecule has 5 nitrogen and oxygen atoms in total. The van der Waals surface area contributed by atoms with Crippen LogP contribution in [0.25, 0.3) is 10.9 Å². The first-order valence-corrected chi connectivity index (χ1v) is 6.91. The number of piperazine rings is 1. The number of rotatable bonds is 2. The summed E-state index contributed by atoms with van der Waals surface area (Å²) < 4.78 is 0. The molecule has 0 amide bonds. The fourth-order valence-electron chi connectivity index (χ4n) is 2.68. The van der Waals surface area contributed by atoms with Crippen molar-refractivity contribution in [3.05, 3.63) is 30.0 Å². The zero-order valence-electron chi connectivity index (χ0n) is 11.7. The molecule has 1 saturated heterocycles. The highest BCUT2D eigenvalue weighted by atomic mass is 16.3. The van der Waals surface area contributed by atoms with Gasteiger partial charge >= 0.3 is 0 Å². The number of nitrogens with zero attached hydrogens (tertiary/aromatic N) is 3. The standard InChI is InChI=1S/C15H20N4O/c1-18-5-7-19(8-6-18)10-11-9-13(16)12-3-2-4-17-14(12)15(11)20/h2-4,9,20H,5-8,10,16H2,1H3. The lowest BCUT2D eigenvalue weighted by Gasteiger charge is -2.32. The van der Waals surface area contributed by atoms with E-state index in [0.29, 0.717) is 11.2 Å². The van der Waals surface area contributed by atoms with Gasteiger partial charge in [-0.25, -0.2) is 0 Å². The normalized spacial score (nSPS) is 17.6. The molecule has 1 aromatic heterocycles. The van der Waals surface area contributed by atoms with Gasteiger partial charge in [0.25, 0.3) is 0 Å². The molecule has 0 unspecified atom stereocenters. The van der Waals surface area contributed by atoms with Gasteiger partial charge in [-0.05, 0) is 25.2 Å². The van der Waals surface area contributed by atoms with Crippen LogP contribution in [0.15, 0.2) is 24.4 Å². The van der Waals surface area contributed by atoms with Gasteiger partial charge in [-0.1, -0.05) is 0 Å². The summed E-state index contributed by atoms with van der Waals surface area (Å²) in [5, 5.41) is 11.2. The van der Waals surface area contributed by atoms with Crippen molar-refractivity contribution in [1.29, 1.82) is 0 Å². The Kier molecular flexibility index (Phi) is 3.46. The molecule has 5 heteroatoms. The van der Waals surface area contributed by atoms with Gasteiger partial charge in [-0.3, -0.25) is 9.88 Å². The monoisotopic (exact) mass is 272 g/mol. The summed E-state index contributed by atoms with van der Waals surface area (Å²) in [5.41, 5.74) is 8.20. The summed E-state index contributed by atoms with van der Waals surface area (Å²) >= 11 is 0. The number of phenols is 1. The number of phenolic OH excluding ortho intramolecular Hbond substituents is 1. The van der Waals surface area contributed by atoms with Crippen LogP contribution in [0.4, 0.5) is 5.69 Å². The van der Waals surface area contributed by atoms with Gasteiger partial charge in [0.15, 0.2) is 0 Å². The van der Waals surface area contributed by atoms with Crippen molar-refractivity contribution in [3.63, 3.8) is 0 Å². The van der Waals surface area contributed by atoms with Crippen molar-refractivity contribution in [2.45, 2.75) is 6.54 Å².